The summed E-state index contributed by atoms with van der Waals surface area (Å²) in [6.45, 7) is 3.23. The minimum atomic E-state index is 0.663. The zero-order valence-electron chi connectivity index (χ0n) is 9.60. The summed E-state index contributed by atoms with van der Waals surface area (Å²) in [5, 5.41) is 9.06. The Balaban J connectivity index is 2.15. The van der Waals surface area contributed by atoms with Crippen molar-refractivity contribution in [2.75, 3.05) is 0 Å². The second kappa shape index (κ2) is 3.71. The maximum Gasteiger partial charge on any atom is 0.178 e. The maximum absolute atomic E-state index is 9.06. The van der Waals surface area contributed by atoms with Gasteiger partial charge in [-0.2, -0.15) is 5.26 Å². The van der Waals surface area contributed by atoms with Crippen molar-refractivity contribution in [3.05, 3.63) is 28.5 Å². The highest BCUT2D eigenvalue weighted by Gasteiger charge is 2.33. The monoisotopic (exact) mass is 243 g/mol. The molecule has 1 saturated carbocycles. The molecule has 1 aromatic heterocycles. The molecule has 1 aliphatic rings. The van der Waals surface area contributed by atoms with Gasteiger partial charge in [0.1, 0.15) is 6.07 Å². The largest absolute Gasteiger partial charge is 0.329 e. The van der Waals surface area contributed by atoms with Crippen LogP contribution in [0.4, 0.5) is 0 Å². The number of nitriles is 1. The number of fused-ring (bicyclic) bond motifs is 1. The summed E-state index contributed by atoms with van der Waals surface area (Å²) in [4.78, 5) is 3.15. The number of aromatic nitrogens is 2. The van der Waals surface area contributed by atoms with E-state index in [1.54, 1.807) is 0 Å². The maximum atomic E-state index is 9.06. The molecule has 3 rings (SSSR count). The Labute approximate surface area is 105 Å². The van der Waals surface area contributed by atoms with Gasteiger partial charge in [-0.1, -0.05) is 13.0 Å². The predicted octanol–water partition coefficient (Wildman–Crippen LogP) is 3.23. The van der Waals surface area contributed by atoms with Gasteiger partial charge in [0.2, 0.25) is 0 Å². The zero-order valence-corrected chi connectivity index (χ0v) is 10.4. The minimum Gasteiger partial charge on any atom is -0.329 e. The quantitative estimate of drug-likeness (QED) is 0.823. The second-order valence-corrected chi connectivity index (χ2v) is 5.21. The Kier molecular flexibility index (Phi) is 2.30. The van der Waals surface area contributed by atoms with Gasteiger partial charge in [-0.3, -0.25) is 0 Å². The van der Waals surface area contributed by atoms with Gasteiger partial charge in [-0.25, -0.2) is 0 Å². The number of nitrogens with zero attached hydrogens (tertiary/aromatic N) is 2. The van der Waals surface area contributed by atoms with Crippen LogP contribution in [0.3, 0.4) is 0 Å². The van der Waals surface area contributed by atoms with E-state index in [9.17, 15) is 0 Å². The third kappa shape index (κ3) is 1.67. The van der Waals surface area contributed by atoms with E-state index in [-0.39, 0.29) is 0 Å². The number of benzene rings is 1. The third-order valence-corrected chi connectivity index (χ3v) is 3.95. The van der Waals surface area contributed by atoms with Crippen molar-refractivity contribution in [2.45, 2.75) is 19.9 Å². The number of aromatic amines is 1. The highest BCUT2D eigenvalue weighted by atomic mass is 32.1. The standard InChI is InChI=1S/C13H13N3S/c1-8-5-10(8)7-16-11-4-2-3-9(6-14)12(11)15-13(16)17/h2-4,8,10H,5,7H2,1H3,(H,15,17). The lowest BCUT2D eigenvalue weighted by Crippen LogP contribution is -2.00. The number of imidazole rings is 1. The van der Waals surface area contributed by atoms with Crippen molar-refractivity contribution in [1.82, 2.24) is 9.55 Å². The van der Waals surface area contributed by atoms with Gasteiger partial charge in [0.05, 0.1) is 16.6 Å². The molecule has 1 aliphatic carbocycles. The van der Waals surface area contributed by atoms with Gasteiger partial charge in [0.25, 0.3) is 0 Å². The van der Waals surface area contributed by atoms with Crippen LogP contribution < -0.4 is 0 Å². The van der Waals surface area contributed by atoms with Gasteiger partial charge in [-0.15, -0.1) is 0 Å². The first-order valence-electron chi connectivity index (χ1n) is 5.82. The Bertz CT molecular complexity index is 674. The average molecular weight is 243 g/mol. The Morgan fingerprint density at radius 1 is 1.59 bits per heavy atom. The SMILES string of the molecule is CC1CC1Cn1c(=S)[nH]c2c(C#N)cccc21. The van der Waals surface area contributed by atoms with Crippen LogP contribution in [0.5, 0.6) is 0 Å². The van der Waals surface area contributed by atoms with Crippen molar-refractivity contribution in [2.24, 2.45) is 11.8 Å². The average Bonchev–Trinajstić information content (AvgIpc) is 2.92. The molecule has 0 spiro atoms. The Hall–Kier alpha value is -1.60. The third-order valence-electron chi connectivity index (χ3n) is 3.62. The van der Waals surface area contributed by atoms with Crippen LogP contribution in [0.1, 0.15) is 18.9 Å². The molecule has 17 heavy (non-hydrogen) atoms. The lowest BCUT2D eigenvalue weighted by Gasteiger charge is -2.03. The van der Waals surface area contributed by atoms with E-state index in [1.165, 1.54) is 6.42 Å². The molecule has 0 saturated heterocycles. The summed E-state index contributed by atoms with van der Waals surface area (Å²) in [5.41, 5.74) is 2.58. The fraction of sp³-hybridized carbons (Fsp3) is 0.385. The van der Waals surface area contributed by atoms with Gasteiger partial charge < -0.3 is 9.55 Å². The first-order chi connectivity index (χ1) is 8.20. The summed E-state index contributed by atoms with van der Waals surface area (Å²) >= 11 is 5.34. The van der Waals surface area contributed by atoms with E-state index >= 15 is 0 Å². The van der Waals surface area contributed by atoms with E-state index in [0.717, 1.165) is 34.2 Å². The number of rotatable bonds is 2. The number of para-hydroxylation sites is 1. The fourth-order valence-corrected chi connectivity index (χ4v) is 2.62. The molecule has 1 heterocycles. The van der Waals surface area contributed by atoms with Crippen LogP contribution in [-0.2, 0) is 6.54 Å². The minimum absolute atomic E-state index is 0.663. The van der Waals surface area contributed by atoms with Gasteiger partial charge in [0, 0.05) is 6.54 Å². The number of hydrogen-bond donors (Lipinski definition) is 1. The van der Waals surface area contributed by atoms with Crippen LogP contribution >= 0.6 is 12.2 Å². The predicted molar refractivity (Wildman–Crippen MR) is 69.1 cm³/mol. The van der Waals surface area contributed by atoms with Gasteiger partial charge in [0.15, 0.2) is 4.77 Å². The van der Waals surface area contributed by atoms with Gasteiger partial charge >= 0.3 is 0 Å². The molecule has 86 valence electrons. The second-order valence-electron chi connectivity index (χ2n) is 4.83. The van der Waals surface area contributed by atoms with E-state index in [2.05, 4.69) is 22.5 Å². The van der Waals surface area contributed by atoms with Gasteiger partial charge in [-0.05, 0) is 42.6 Å². The summed E-state index contributed by atoms with van der Waals surface area (Å²) in [6.07, 6.45) is 1.28. The van der Waals surface area contributed by atoms with Crippen LogP contribution in [0, 0.1) is 27.9 Å². The van der Waals surface area contributed by atoms with Crippen molar-refractivity contribution < 1.29 is 0 Å². The summed E-state index contributed by atoms with van der Waals surface area (Å²) in [7, 11) is 0. The molecule has 4 heteroatoms. The van der Waals surface area contributed by atoms with Crippen LogP contribution in [0.25, 0.3) is 11.0 Å². The molecule has 0 radical (unpaired) electrons. The molecule has 1 N–H and O–H groups in total. The number of H-pyrrole nitrogens is 1. The van der Waals surface area contributed by atoms with E-state index in [0.29, 0.717) is 5.56 Å². The Morgan fingerprint density at radius 2 is 2.35 bits per heavy atom. The molecule has 2 atom stereocenters. The normalized spacial score (nSPS) is 22.6. The number of nitrogens with one attached hydrogen (secondary N) is 1. The van der Waals surface area contributed by atoms with Crippen molar-refractivity contribution in [3.63, 3.8) is 0 Å². The van der Waals surface area contributed by atoms with E-state index < -0.39 is 0 Å². The molecule has 0 bridgehead atoms. The zero-order chi connectivity index (χ0) is 12.0. The lowest BCUT2D eigenvalue weighted by atomic mass is 10.2. The van der Waals surface area contributed by atoms with Crippen molar-refractivity contribution in [3.8, 4) is 6.07 Å². The molecule has 0 amide bonds. The summed E-state index contributed by atoms with van der Waals surface area (Å²) in [5.74, 6) is 1.55. The topological polar surface area (TPSA) is 44.5 Å². The first kappa shape index (κ1) is 10.5. The summed E-state index contributed by atoms with van der Waals surface area (Å²) in [6, 6.07) is 7.95. The smallest absolute Gasteiger partial charge is 0.178 e. The molecular formula is C13H13N3S. The molecule has 0 aliphatic heterocycles. The first-order valence-corrected chi connectivity index (χ1v) is 6.23. The number of hydrogen-bond acceptors (Lipinski definition) is 2. The Morgan fingerprint density at radius 3 is 3.00 bits per heavy atom. The molecule has 1 fully saturated rings. The molecule has 3 nitrogen and oxygen atoms in total. The van der Waals surface area contributed by atoms with E-state index in [4.69, 9.17) is 17.5 Å². The molecule has 2 unspecified atom stereocenters. The van der Waals surface area contributed by atoms with Crippen LogP contribution in [-0.4, -0.2) is 9.55 Å². The molecule has 1 aromatic carbocycles. The molecule has 2 aromatic rings. The van der Waals surface area contributed by atoms with Crippen molar-refractivity contribution >= 4 is 23.3 Å². The van der Waals surface area contributed by atoms with Crippen LogP contribution in [0.2, 0.25) is 0 Å². The highest BCUT2D eigenvalue weighted by molar-refractivity contribution is 7.71. The molecular weight excluding hydrogens is 230 g/mol. The lowest BCUT2D eigenvalue weighted by molar-refractivity contribution is 0.600. The van der Waals surface area contributed by atoms with Crippen LogP contribution in [0.15, 0.2) is 18.2 Å². The highest BCUT2D eigenvalue weighted by Crippen LogP contribution is 2.39. The van der Waals surface area contributed by atoms with E-state index in [1.807, 2.05) is 18.2 Å². The van der Waals surface area contributed by atoms with Crippen molar-refractivity contribution in [1.29, 1.82) is 5.26 Å². The summed E-state index contributed by atoms with van der Waals surface area (Å²) < 4.78 is 2.85. The fourth-order valence-electron chi connectivity index (χ4n) is 2.34.